The van der Waals surface area contributed by atoms with Crippen LogP contribution >= 0.6 is 22.9 Å². The molecule has 25 heavy (non-hydrogen) atoms. The molecular formula is C19H22ClN2O2S+. The lowest BCUT2D eigenvalue weighted by atomic mass is 9.96. The molecule has 2 N–H and O–H groups in total. The molecule has 1 aromatic carbocycles. The maximum atomic E-state index is 12.6. The summed E-state index contributed by atoms with van der Waals surface area (Å²) in [6.07, 6.45) is 3.66. The van der Waals surface area contributed by atoms with Gasteiger partial charge in [0.25, 0.3) is 5.91 Å². The first kappa shape index (κ1) is 16.9. The van der Waals surface area contributed by atoms with Crippen molar-refractivity contribution in [1.82, 2.24) is 0 Å². The van der Waals surface area contributed by atoms with Crippen molar-refractivity contribution in [3.8, 4) is 5.75 Å². The fourth-order valence-corrected chi connectivity index (χ4v) is 5.04. The maximum Gasteiger partial charge on any atom is 0.279 e. The highest BCUT2D eigenvalue weighted by atomic mass is 35.5. The number of fused-ring (bicyclic) bond motifs is 1. The van der Waals surface area contributed by atoms with Crippen LogP contribution in [0.3, 0.4) is 0 Å². The second-order valence-electron chi connectivity index (χ2n) is 6.85. The number of nitrogens with one attached hydrogen (secondary N) is 2. The van der Waals surface area contributed by atoms with E-state index < -0.39 is 0 Å². The molecule has 1 aliphatic heterocycles. The Balaban J connectivity index is 1.44. The highest BCUT2D eigenvalue weighted by Crippen LogP contribution is 2.42. The number of benzene rings is 1. The summed E-state index contributed by atoms with van der Waals surface area (Å²) in [5.74, 6) is 1.40. The third kappa shape index (κ3) is 3.54. The average Bonchev–Trinajstić information content (AvgIpc) is 3.31. The van der Waals surface area contributed by atoms with Crippen LogP contribution in [0.25, 0.3) is 0 Å². The summed E-state index contributed by atoms with van der Waals surface area (Å²) >= 11 is 8.00. The standard InChI is InChI=1S/C19H21ClN2O2S/c1-24-16-5-4-13(10-15(16)20)21-18(23)11-22-8-6-17-14(7-9-25-17)19(22)12-2-3-12/h4-5,7,9-10,12,19H,2-3,6,8,11H2,1H3,(H,21,23)/p+1/t19-/m0/s1. The van der Waals surface area contributed by atoms with Gasteiger partial charge in [-0.25, -0.2) is 0 Å². The minimum Gasteiger partial charge on any atom is -0.495 e. The number of quaternary nitrogens is 1. The smallest absolute Gasteiger partial charge is 0.279 e. The van der Waals surface area contributed by atoms with Crippen molar-refractivity contribution < 1.29 is 14.4 Å². The van der Waals surface area contributed by atoms with Gasteiger partial charge in [-0.05, 0) is 42.5 Å². The van der Waals surface area contributed by atoms with Gasteiger partial charge in [-0.2, -0.15) is 0 Å². The Hall–Kier alpha value is -1.56. The minimum absolute atomic E-state index is 0.0422. The van der Waals surface area contributed by atoms with E-state index in [1.165, 1.54) is 28.2 Å². The van der Waals surface area contributed by atoms with Gasteiger partial charge in [0.15, 0.2) is 6.54 Å². The molecule has 1 aliphatic carbocycles. The van der Waals surface area contributed by atoms with Gasteiger partial charge in [0, 0.05) is 28.5 Å². The van der Waals surface area contributed by atoms with Gasteiger partial charge in [-0.1, -0.05) is 11.6 Å². The Morgan fingerprint density at radius 2 is 2.24 bits per heavy atom. The van der Waals surface area contributed by atoms with Crippen LogP contribution in [-0.2, 0) is 11.2 Å². The fourth-order valence-electron chi connectivity index (χ4n) is 3.85. The number of hydrogen-bond donors (Lipinski definition) is 2. The van der Waals surface area contributed by atoms with Gasteiger partial charge in [0.1, 0.15) is 11.8 Å². The van der Waals surface area contributed by atoms with Crippen LogP contribution in [0.4, 0.5) is 5.69 Å². The van der Waals surface area contributed by atoms with E-state index in [0.717, 1.165) is 18.9 Å². The highest BCUT2D eigenvalue weighted by molar-refractivity contribution is 7.10. The van der Waals surface area contributed by atoms with E-state index in [9.17, 15) is 4.79 Å². The lowest BCUT2D eigenvalue weighted by Gasteiger charge is -2.32. The van der Waals surface area contributed by atoms with Crippen LogP contribution in [0.2, 0.25) is 5.02 Å². The monoisotopic (exact) mass is 377 g/mol. The maximum absolute atomic E-state index is 12.6. The summed E-state index contributed by atoms with van der Waals surface area (Å²) in [7, 11) is 1.58. The quantitative estimate of drug-likeness (QED) is 0.841. The average molecular weight is 378 g/mol. The van der Waals surface area contributed by atoms with Crippen LogP contribution < -0.4 is 15.0 Å². The summed E-state index contributed by atoms with van der Waals surface area (Å²) in [5.41, 5.74) is 2.19. The summed E-state index contributed by atoms with van der Waals surface area (Å²) in [4.78, 5) is 15.5. The molecule has 132 valence electrons. The molecule has 4 rings (SSSR count). The van der Waals surface area contributed by atoms with E-state index in [-0.39, 0.29) is 5.91 Å². The van der Waals surface area contributed by atoms with Gasteiger partial charge in [0.2, 0.25) is 0 Å². The third-order valence-electron chi connectivity index (χ3n) is 5.14. The molecule has 1 aromatic heterocycles. The second-order valence-corrected chi connectivity index (χ2v) is 8.25. The van der Waals surface area contributed by atoms with Gasteiger partial charge in [-0.3, -0.25) is 4.79 Å². The van der Waals surface area contributed by atoms with Crippen molar-refractivity contribution in [1.29, 1.82) is 0 Å². The van der Waals surface area contributed by atoms with Gasteiger partial charge in [0.05, 0.1) is 18.7 Å². The molecule has 0 bridgehead atoms. The summed E-state index contributed by atoms with van der Waals surface area (Å²) < 4.78 is 5.15. The van der Waals surface area contributed by atoms with Gasteiger partial charge < -0.3 is 15.0 Å². The van der Waals surface area contributed by atoms with E-state index in [0.29, 0.717) is 29.0 Å². The van der Waals surface area contributed by atoms with Gasteiger partial charge >= 0.3 is 0 Å². The van der Waals surface area contributed by atoms with E-state index in [2.05, 4.69) is 16.8 Å². The molecule has 1 saturated carbocycles. The number of anilines is 1. The number of carbonyl (C=O) groups excluding carboxylic acids is 1. The van der Waals surface area contributed by atoms with Gasteiger partial charge in [-0.15, -0.1) is 11.3 Å². The Kier molecular flexibility index (Phi) is 4.71. The van der Waals surface area contributed by atoms with E-state index in [1.807, 2.05) is 17.4 Å². The van der Waals surface area contributed by atoms with E-state index >= 15 is 0 Å². The first-order valence-corrected chi connectivity index (χ1v) is 9.95. The van der Waals surface area contributed by atoms with Crippen molar-refractivity contribution in [3.63, 3.8) is 0 Å². The number of hydrogen-bond acceptors (Lipinski definition) is 3. The number of methoxy groups -OCH3 is 1. The first-order chi connectivity index (χ1) is 12.2. The molecule has 0 saturated heterocycles. The largest absolute Gasteiger partial charge is 0.495 e. The summed E-state index contributed by atoms with van der Waals surface area (Å²) in [5, 5.41) is 5.68. The Labute approximate surface area is 156 Å². The number of ether oxygens (including phenoxy) is 1. The number of amides is 1. The molecule has 1 amide bonds. The van der Waals surface area contributed by atoms with E-state index in [4.69, 9.17) is 16.3 Å². The van der Waals surface area contributed by atoms with Crippen molar-refractivity contribution in [2.45, 2.75) is 25.3 Å². The number of rotatable bonds is 5. The molecular weight excluding hydrogens is 356 g/mol. The Bertz CT molecular complexity index is 787. The van der Waals surface area contributed by atoms with Crippen LogP contribution in [0.1, 0.15) is 29.3 Å². The van der Waals surface area contributed by atoms with Crippen LogP contribution in [0.5, 0.6) is 5.75 Å². The molecule has 1 fully saturated rings. The van der Waals surface area contributed by atoms with Crippen LogP contribution in [0, 0.1) is 5.92 Å². The highest BCUT2D eigenvalue weighted by Gasteiger charge is 2.43. The molecule has 2 aliphatic rings. The zero-order valence-electron chi connectivity index (χ0n) is 14.2. The zero-order valence-corrected chi connectivity index (χ0v) is 15.8. The SMILES string of the molecule is COc1ccc(NC(=O)C[NH+]2CCc3sccc3[C@@H]2C2CC2)cc1Cl. The minimum atomic E-state index is 0.0422. The number of halogens is 1. The molecule has 2 heterocycles. The number of thiophene rings is 1. The van der Waals surface area contributed by atoms with Crippen molar-refractivity contribution >= 4 is 34.5 Å². The lowest BCUT2D eigenvalue weighted by molar-refractivity contribution is -0.928. The van der Waals surface area contributed by atoms with Crippen molar-refractivity contribution in [2.24, 2.45) is 5.92 Å². The predicted octanol–water partition coefficient (Wildman–Crippen LogP) is 2.94. The predicted molar refractivity (Wildman–Crippen MR) is 101 cm³/mol. The topological polar surface area (TPSA) is 42.8 Å². The lowest BCUT2D eigenvalue weighted by Crippen LogP contribution is -3.14. The molecule has 2 atom stereocenters. The zero-order chi connectivity index (χ0) is 17.4. The van der Waals surface area contributed by atoms with Crippen molar-refractivity contribution in [2.75, 3.05) is 25.5 Å². The van der Waals surface area contributed by atoms with Crippen LogP contribution in [0.15, 0.2) is 29.6 Å². The Morgan fingerprint density at radius 1 is 1.40 bits per heavy atom. The Morgan fingerprint density at radius 3 is 2.96 bits per heavy atom. The fraction of sp³-hybridized carbons (Fsp3) is 0.421. The van der Waals surface area contributed by atoms with Crippen LogP contribution in [-0.4, -0.2) is 26.1 Å². The molecule has 0 radical (unpaired) electrons. The molecule has 0 spiro atoms. The molecule has 6 heteroatoms. The molecule has 1 unspecified atom stereocenters. The van der Waals surface area contributed by atoms with E-state index in [1.54, 1.807) is 19.2 Å². The molecule has 2 aromatic rings. The van der Waals surface area contributed by atoms with Crippen molar-refractivity contribution in [3.05, 3.63) is 45.1 Å². The molecule has 4 nitrogen and oxygen atoms in total. The summed E-state index contributed by atoms with van der Waals surface area (Å²) in [6, 6.07) is 8.09. The third-order valence-corrected chi connectivity index (χ3v) is 6.44. The summed E-state index contributed by atoms with van der Waals surface area (Å²) in [6.45, 7) is 1.53. The first-order valence-electron chi connectivity index (χ1n) is 8.70. The second kappa shape index (κ2) is 6.98. The normalized spacial score (nSPS) is 22.3. The number of carbonyl (C=O) groups is 1.